The van der Waals surface area contributed by atoms with E-state index >= 15 is 0 Å². The number of carbonyl (C=O) groups excluding carboxylic acids is 1. The van der Waals surface area contributed by atoms with E-state index < -0.39 is 0 Å². The highest BCUT2D eigenvalue weighted by atomic mass is 16.6. The SMILES string of the molecule is O=C(NC1CCN(Cc2ccccc2)CC1)c1ccc(N2CCCC2)c([N+](=O)[O-])c1. The molecular formula is C23H28N4O3. The number of nitrogens with one attached hydrogen (secondary N) is 1. The van der Waals surface area contributed by atoms with Crippen molar-refractivity contribution in [1.29, 1.82) is 0 Å². The highest BCUT2D eigenvalue weighted by molar-refractivity contribution is 5.96. The van der Waals surface area contributed by atoms with E-state index in [0.29, 0.717) is 11.3 Å². The molecule has 2 fully saturated rings. The molecular weight excluding hydrogens is 380 g/mol. The predicted octanol–water partition coefficient (Wildman–Crippen LogP) is 3.59. The van der Waals surface area contributed by atoms with Crippen molar-refractivity contribution >= 4 is 17.3 Å². The molecule has 0 radical (unpaired) electrons. The third-order valence-electron chi connectivity index (χ3n) is 6.05. The normalized spacial score (nSPS) is 17.8. The molecule has 0 saturated carbocycles. The summed E-state index contributed by atoms with van der Waals surface area (Å²) in [5.74, 6) is -0.229. The van der Waals surface area contributed by atoms with Gasteiger partial charge in [0.25, 0.3) is 11.6 Å². The van der Waals surface area contributed by atoms with E-state index in [-0.39, 0.29) is 22.6 Å². The maximum absolute atomic E-state index is 12.7. The Morgan fingerprint density at radius 2 is 1.73 bits per heavy atom. The van der Waals surface area contributed by atoms with Crippen LogP contribution >= 0.6 is 0 Å². The van der Waals surface area contributed by atoms with Gasteiger partial charge in [-0.15, -0.1) is 0 Å². The molecule has 30 heavy (non-hydrogen) atoms. The van der Waals surface area contributed by atoms with E-state index in [1.54, 1.807) is 12.1 Å². The number of piperidine rings is 1. The molecule has 158 valence electrons. The summed E-state index contributed by atoms with van der Waals surface area (Å²) in [6.45, 7) is 4.43. The number of likely N-dealkylation sites (tertiary alicyclic amines) is 1. The maximum Gasteiger partial charge on any atom is 0.293 e. The zero-order valence-corrected chi connectivity index (χ0v) is 17.1. The Labute approximate surface area is 176 Å². The molecule has 4 rings (SSSR count). The van der Waals surface area contributed by atoms with Crippen LogP contribution in [0.2, 0.25) is 0 Å². The maximum atomic E-state index is 12.7. The molecule has 7 nitrogen and oxygen atoms in total. The molecule has 2 aromatic rings. The minimum Gasteiger partial charge on any atom is -0.366 e. The molecule has 2 aromatic carbocycles. The zero-order chi connectivity index (χ0) is 20.9. The third-order valence-corrected chi connectivity index (χ3v) is 6.05. The first-order valence-electron chi connectivity index (χ1n) is 10.7. The minimum atomic E-state index is -0.382. The van der Waals surface area contributed by atoms with E-state index in [1.807, 2.05) is 11.0 Å². The number of hydrogen-bond acceptors (Lipinski definition) is 5. The first-order valence-corrected chi connectivity index (χ1v) is 10.7. The Kier molecular flexibility index (Phi) is 6.28. The number of hydrogen-bond donors (Lipinski definition) is 1. The van der Waals surface area contributed by atoms with Crippen LogP contribution in [0.5, 0.6) is 0 Å². The van der Waals surface area contributed by atoms with Gasteiger partial charge >= 0.3 is 0 Å². The van der Waals surface area contributed by atoms with Gasteiger partial charge in [-0.05, 0) is 43.4 Å². The van der Waals surface area contributed by atoms with Crippen molar-refractivity contribution in [2.24, 2.45) is 0 Å². The van der Waals surface area contributed by atoms with Crippen LogP contribution in [-0.4, -0.2) is 48.0 Å². The van der Waals surface area contributed by atoms with E-state index in [1.165, 1.54) is 11.6 Å². The second-order valence-electron chi connectivity index (χ2n) is 8.16. The van der Waals surface area contributed by atoms with Crippen LogP contribution in [0.4, 0.5) is 11.4 Å². The Bertz CT molecular complexity index is 889. The fraction of sp³-hybridized carbons (Fsp3) is 0.435. The van der Waals surface area contributed by atoms with Gasteiger partial charge in [-0.2, -0.15) is 0 Å². The molecule has 0 aromatic heterocycles. The highest BCUT2D eigenvalue weighted by Crippen LogP contribution is 2.31. The molecule has 1 N–H and O–H groups in total. The van der Waals surface area contributed by atoms with Crippen LogP contribution in [0.15, 0.2) is 48.5 Å². The highest BCUT2D eigenvalue weighted by Gasteiger charge is 2.25. The van der Waals surface area contributed by atoms with E-state index in [2.05, 4.69) is 34.5 Å². The van der Waals surface area contributed by atoms with Gasteiger partial charge in [0.15, 0.2) is 0 Å². The summed E-state index contributed by atoms with van der Waals surface area (Å²) in [5.41, 5.74) is 2.28. The van der Waals surface area contributed by atoms with Gasteiger partial charge in [0.2, 0.25) is 0 Å². The van der Waals surface area contributed by atoms with Gasteiger partial charge in [-0.3, -0.25) is 19.8 Å². The molecule has 7 heteroatoms. The predicted molar refractivity (Wildman–Crippen MR) is 117 cm³/mol. The summed E-state index contributed by atoms with van der Waals surface area (Å²) >= 11 is 0. The van der Waals surface area contributed by atoms with Crippen LogP contribution in [0.3, 0.4) is 0 Å². The molecule has 2 saturated heterocycles. The minimum absolute atomic E-state index is 0.0160. The van der Waals surface area contributed by atoms with Crippen LogP contribution in [0.25, 0.3) is 0 Å². The Morgan fingerprint density at radius 3 is 2.40 bits per heavy atom. The van der Waals surface area contributed by atoms with Crippen molar-refractivity contribution in [3.05, 3.63) is 69.8 Å². The van der Waals surface area contributed by atoms with Crippen molar-refractivity contribution in [3.8, 4) is 0 Å². The number of nitro groups is 1. The molecule has 0 bridgehead atoms. The van der Waals surface area contributed by atoms with E-state index in [4.69, 9.17) is 0 Å². The van der Waals surface area contributed by atoms with E-state index in [0.717, 1.165) is 58.4 Å². The average molecular weight is 409 g/mol. The van der Waals surface area contributed by atoms with Crippen LogP contribution in [0, 0.1) is 10.1 Å². The smallest absolute Gasteiger partial charge is 0.293 e. The number of anilines is 1. The number of amides is 1. The molecule has 0 unspecified atom stereocenters. The topological polar surface area (TPSA) is 78.7 Å². The molecule has 0 aliphatic carbocycles. The number of benzene rings is 2. The lowest BCUT2D eigenvalue weighted by atomic mass is 10.0. The van der Waals surface area contributed by atoms with Crippen molar-refractivity contribution in [3.63, 3.8) is 0 Å². The van der Waals surface area contributed by atoms with Crippen LogP contribution in [0.1, 0.15) is 41.6 Å². The average Bonchev–Trinajstić information content (AvgIpc) is 3.30. The van der Waals surface area contributed by atoms with Crippen LogP contribution < -0.4 is 10.2 Å². The van der Waals surface area contributed by atoms with E-state index in [9.17, 15) is 14.9 Å². The second kappa shape index (κ2) is 9.26. The molecule has 2 heterocycles. The van der Waals surface area contributed by atoms with Crippen molar-refractivity contribution in [2.75, 3.05) is 31.1 Å². The van der Waals surface area contributed by atoms with Crippen LogP contribution in [-0.2, 0) is 6.54 Å². The number of nitro benzene ring substituents is 1. The number of rotatable bonds is 6. The summed E-state index contributed by atoms with van der Waals surface area (Å²) in [6, 6.07) is 15.3. The van der Waals surface area contributed by atoms with Gasteiger partial charge in [0.05, 0.1) is 4.92 Å². The largest absolute Gasteiger partial charge is 0.366 e. The summed E-state index contributed by atoms with van der Waals surface area (Å²) in [7, 11) is 0. The molecule has 1 amide bonds. The first-order chi connectivity index (χ1) is 14.6. The van der Waals surface area contributed by atoms with Gasteiger partial charge in [0.1, 0.15) is 5.69 Å². The summed E-state index contributed by atoms with van der Waals surface area (Å²) in [4.78, 5) is 28.3. The van der Waals surface area contributed by atoms with Gasteiger partial charge in [-0.25, -0.2) is 0 Å². The zero-order valence-electron chi connectivity index (χ0n) is 17.1. The van der Waals surface area contributed by atoms with Gasteiger partial charge in [-0.1, -0.05) is 30.3 Å². The fourth-order valence-corrected chi connectivity index (χ4v) is 4.38. The van der Waals surface area contributed by atoms with Gasteiger partial charge in [0, 0.05) is 50.4 Å². The molecule has 2 aliphatic heterocycles. The number of nitrogens with zero attached hydrogens (tertiary/aromatic N) is 3. The Hall–Kier alpha value is -2.93. The summed E-state index contributed by atoms with van der Waals surface area (Å²) in [6.07, 6.45) is 3.85. The quantitative estimate of drug-likeness (QED) is 0.584. The lowest BCUT2D eigenvalue weighted by Gasteiger charge is -2.32. The number of carbonyl (C=O) groups is 1. The lowest BCUT2D eigenvalue weighted by Crippen LogP contribution is -2.44. The standard InChI is InChI=1S/C23H28N4O3/c28-23(19-8-9-21(22(16-19)27(29)30)26-12-4-5-13-26)24-20-10-14-25(15-11-20)17-18-6-2-1-3-7-18/h1-3,6-9,16,20H,4-5,10-15,17H2,(H,24,28). The molecule has 2 aliphatic rings. The van der Waals surface area contributed by atoms with Crippen molar-refractivity contribution < 1.29 is 9.72 Å². The Morgan fingerprint density at radius 1 is 1.03 bits per heavy atom. The third kappa shape index (κ3) is 4.79. The second-order valence-corrected chi connectivity index (χ2v) is 8.16. The molecule has 0 atom stereocenters. The Balaban J connectivity index is 1.35. The summed E-state index contributed by atoms with van der Waals surface area (Å²) < 4.78 is 0. The first kappa shape index (κ1) is 20.3. The molecule has 0 spiro atoms. The summed E-state index contributed by atoms with van der Waals surface area (Å²) in [5, 5.41) is 14.6. The fourth-order valence-electron chi connectivity index (χ4n) is 4.38. The van der Waals surface area contributed by atoms with Crippen molar-refractivity contribution in [2.45, 2.75) is 38.3 Å². The monoisotopic (exact) mass is 408 g/mol. The lowest BCUT2D eigenvalue weighted by molar-refractivity contribution is -0.384. The van der Waals surface area contributed by atoms with Crippen molar-refractivity contribution in [1.82, 2.24) is 10.2 Å². The van der Waals surface area contributed by atoms with Gasteiger partial charge < -0.3 is 10.2 Å².